The molecule has 1 saturated heterocycles. The van der Waals surface area contributed by atoms with Gasteiger partial charge in [-0.25, -0.2) is 4.39 Å². The highest BCUT2D eigenvalue weighted by Crippen LogP contribution is 2.30. The van der Waals surface area contributed by atoms with E-state index in [0.29, 0.717) is 5.56 Å². The Morgan fingerprint density at radius 2 is 2.05 bits per heavy atom. The van der Waals surface area contributed by atoms with Gasteiger partial charge in [0.1, 0.15) is 5.82 Å². The zero-order chi connectivity index (χ0) is 14.3. The summed E-state index contributed by atoms with van der Waals surface area (Å²) in [6, 6.07) is 4.67. The Kier molecular flexibility index (Phi) is 3.34. The first-order valence-electron chi connectivity index (χ1n) is 7.09. The van der Waals surface area contributed by atoms with Crippen molar-refractivity contribution in [3.63, 3.8) is 0 Å². The van der Waals surface area contributed by atoms with E-state index in [1.54, 1.807) is 6.07 Å². The van der Waals surface area contributed by atoms with Gasteiger partial charge < -0.3 is 9.88 Å². The highest BCUT2D eigenvalue weighted by molar-refractivity contribution is 6.10. The van der Waals surface area contributed by atoms with Crippen LogP contribution in [0.3, 0.4) is 0 Å². The van der Waals surface area contributed by atoms with Crippen molar-refractivity contribution in [2.24, 2.45) is 13.0 Å². The van der Waals surface area contributed by atoms with Crippen molar-refractivity contribution in [3.8, 4) is 0 Å². The summed E-state index contributed by atoms with van der Waals surface area (Å²) in [5.41, 5.74) is 2.55. The molecule has 0 bridgehead atoms. The fourth-order valence-corrected chi connectivity index (χ4v) is 3.14. The van der Waals surface area contributed by atoms with Gasteiger partial charge in [-0.1, -0.05) is 0 Å². The molecule has 3 nitrogen and oxygen atoms in total. The number of nitrogens with one attached hydrogen (secondary N) is 1. The summed E-state index contributed by atoms with van der Waals surface area (Å²) in [5, 5.41) is 4.01. The van der Waals surface area contributed by atoms with Crippen LogP contribution in [-0.2, 0) is 7.05 Å². The zero-order valence-electron chi connectivity index (χ0n) is 11.9. The number of aromatic nitrogens is 1. The second kappa shape index (κ2) is 5.02. The van der Waals surface area contributed by atoms with Crippen LogP contribution in [0.15, 0.2) is 18.2 Å². The number of ketones is 1. The van der Waals surface area contributed by atoms with Crippen LogP contribution in [0, 0.1) is 18.7 Å². The number of nitrogens with zero attached hydrogens (tertiary/aromatic N) is 1. The van der Waals surface area contributed by atoms with Gasteiger partial charge in [-0.2, -0.15) is 0 Å². The van der Waals surface area contributed by atoms with E-state index in [1.165, 1.54) is 12.1 Å². The maximum atomic E-state index is 13.5. The van der Waals surface area contributed by atoms with Gasteiger partial charge in [-0.15, -0.1) is 0 Å². The number of benzene rings is 1. The van der Waals surface area contributed by atoms with Gasteiger partial charge in [-0.05, 0) is 51.1 Å². The average molecular weight is 274 g/mol. The van der Waals surface area contributed by atoms with Crippen LogP contribution < -0.4 is 5.32 Å². The number of Topliss-reactive ketones (excluding diaryl/α,β-unsaturated/α-hetero) is 1. The molecule has 0 radical (unpaired) electrons. The molecule has 0 aliphatic carbocycles. The SMILES string of the molecule is Cc1c(C(=O)C2CCNCC2)c2cc(F)ccc2n1C. The van der Waals surface area contributed by atoms with Crippen molar-refractivity contribution < 1.29 is 9.18 Å². The Labute approximate surface area is 117 Å². The molecule has 0 spiro atoms. The van der Waals surface area contributed by atoms with Crippen LogP contribution in [-0.4, -0.2) is 23.4 Å². The second-order valence-electron chi connectivity index (χ2n) is 5.57. The number of fused-ring (bicyclic) bond motifs is 1. The van der Waals surface area contributed by atoms with E-state index in [1.807, 2.05) is 18.5 Å². The number of halogens is 1. The minimum atomic E-state index is -0.289. The van der Waals surface area contributed by atoms with E-state index in [2.05, 4.69) is 5.32 Å². The Morgan fingerprint density at radius 1 is 1.35 bits per heavy atom. The van der Waals surface area contributed by atoms with E-state index in [4.69, 9.17) is 0 Å². The largest absolute Gasteiger partial charge is 0.347 e. The molecule has 1 N–H and O–H groups in total. The fourth-order valence-electron chi connectivity index (χ4n) is 3.14. The first-order chi connectivity index (χ1) is 9.59. The minimum absolute atomic E-state index is 0.0591. The molecular weight excluding hydrogens is 255 g/mol. The molecule has 106 valence electrons. The van der Waals surface area contributed by atoms with E-state index in [0.717, 1.165) is 42.5 Å². The molecule has 2 heterocycles. The van der Waals surface area contributed by atoms with Crippen LogP contribution in [0.2, 0.25) is 0 Å². The average Bonchev–Trinajstić information content (AvgIpc) is 2.71. The van der Waals surface area contributed by atoms with Crippen LogP contribution >= 0.6 is 0 Å². The molecule has 1 aromatic carbocycles. The lowest BCUT2D eigenvalue weighted by molar-refractivity contribution is 0.0896. The summed E-state index contributed by atoms with van der Waals surface area (Å²) >= 11 is 0. The molecular formula is C16H19FN2O. The molecule has 1 aromatic heterocycles. The Hall–Kier alpha value is -1.68. The van der Waals surface area contributed by atoms with Crippen LogP contribution in [0.4, 0.5) is 4.39 Å². The lowest BCUT2D eigenvalue weighted by atomic mass is 9.88. The highest BCUT2D eigenvalue weighted by Gasteiger charge is 2.27. The van der Waals surface area contributed by atoms with Gasteiger partial charge in [0.25, 0.3) is 0 Å². The molecule has 0 unspecified atom stereocenters. The van der Waals surface area contributed by atoms with Crippen molar-refractivity contribution in [1.29, 1.82) is 0 Å². The number of carbonyl (C=O) groups is 1. The number of carbonyl (C=O) groups excluding carboxylic acids is 1. The predicted molar refractivity (Wildman–Crippen MR) is 77.5 cm³/mol. The maximum Gasteiger partial charge on any atom is 0.168 e. The topological polar surface area (TPSA) is 34.0 Å². The lowest BCUT2D eigenvalue weighted by Gasteiger charge is -2.21. The smallest absolute Gasteiger partial charge is 0.168 e. The number of hydrogen-bond acceptors (Lipinski definition) is 2. The molecule has 2 aromatic rings. The number of piperidine rings is 1. The normalized spacial score (nSPS) is 16.8. The third kappa shape index (κ3) is 2.04. The molecule has 20 heavy (non-hydrogen) atoms. The second-order valence-corrected chi connectivity index (χ2v) is 5.57. The van der Waals surface area contributed by atoms with E-state index in [9.17, 15) is 9.18 Å². The van der Waals surface area contributed by atoms with Gasteiger partial charge in [0, 0.05) is 35.1 Å². The Morgan fingerprint density at radius 3 is 2.75 bits per heavy atom. The van der Waals surface area contributed by atoms with Crippen LogP contribution in [0.1, 0.15) is 28.9 Å². The minimum Gasteiger partial charge on any atom is -0.347 e. The molecule has 4 heteroatoms. The third-order valence-electron chi connectivity index (χ3n) is 4.41. The summed E-state index contributed by atoms with van der Waals surface area (Å²) in [4.78, 5) is 12.8. The Balaban J connectivity index is 2.12. The van der Waals surface area contributed by atoms with Crippen molar-refractivity contribution >= 4 is 16.7 Å². The Bertz CT molecular complexity index is 669. The van der Waals surface area contributed by atoms with E-state index < -0.39 is 0 Å². The van der Waals surface area contributed by atoms with Gasteiger partial charge in [0.05, 0.1) is 0 Å². The predicted octanol–water partition coefficient (Wildman–Crippen LogP) is 2.81. The standard InChI is InChI=1S/C16H19FN2O/c1-10-15(16(20)11-5-7-18-8-6-11)13-9-12(17)3-4-14(13)19(10)2/h3-4,9,11,18H,5-8H2,1-2H3. The highest BCUT2D eigenvalue weighted by atomic mass is 19.1. The summed E-state index contributed by atoms with van der Waals surface area (Å²) in [5.74, 6) is -0.0634. The van der Waals surface area contributed by atoms with Gasteiger partial charge in [0.2, 0.25) is 0 Å². The molecule has 0 atom stereocenters. The monoisotopic (exact) mass is 274 g/mol. The van der Waals surface area contributed by atoms with E-state index in [-0.39, 0.29) is 17.5 Å². The number of aryl methyl sites for hydroxylation is 1. The quantitative estimate of drug-likeness (QED) is 0.854. The molecule has 1 fully saturated rings. The van der Waals surface area contributed by atoms with Gasteiger partial charge in [0.15, 0.2) is 5.78 Å². The molecule has 0 saturated carbocycles. The fraction of sp³-hybridized carbons (Fsp3) is 0.438. The maximum absolute atomic E-state index is 13.5. The third-order valence-corrected chi connectivity index (χ3v) is 4.41. The van der Waals surface area contributed by atoms with Crippen molar-refractivity contribution in [2.75, 3.05) is 13.1 Å². The van der Waals surface area contributed by atoms with Gasteiger partial charge >= 0.3 is 0 Å². The molecule has 1 aliphatic heterocycles. The van der Waals surface area contributed by atoms with Crippen molar-refractivity contribution in [1.82, 2.24) is 9.88 Å². The molecule has 1 aliphatic rings. The van der Waals surface area contributed by atoms with Crippen molar-refractivity contribution in [2.45, 2.75) is 19.8 Å². The molecule has 3 rings (SSSR count). The summed E-state index contributed by atoms with van der Waals surface area (Å²) < 4.78 is 15.5. The summed E-state index contributed by atoms with van der Waals surface area (Å²) in [6.45, 7) is 3.70. The number of hydrogen-bond donors (Lipinski definition) is 1. The summed E-state index contributed by atoms with van der Waals surface area (Å²) in [6.07, 6.45) is 1.73. The molecule has 0 amide bonds. The summed E-state index contributed by atoms with van der Waals surface area (Å²) in [7, 11) is 1.93. The van der Waals surface area contributed by atoms with Crippen LogP contribution in [0.25, 0.3) is 10.9 Å². The van der Waals surface area contributed by atoms with Crippen molar-refractivity contribution in [3.05, 3.63) is 35.3 Å². The zero-order valence-corrected chi connectivity index (χ0v) is 11.9. The van der Waals surface area contributed by atoms with Gasteiger partial charge in [-0.3, -0.25) is 4.79 Å². The first-order valence-corrected chi connectivity index (χ1v) is 7.09. The number of rotatable bonds is 2. The lowest BCUT2D eigenvalue weighted by Crippen LogP contribution is -2.32. The van der Waals surface area contributed by atoms with E-state index >= 15 is 0 Å². The van der Waals surface area contributed by atoms with Crippen LogP contribution in [0.5, 0.6) is 0 Å². The first kappa shape index (κ1) is 13.3.